The molecule has 7 heteroatoms. The maximum Gasteiger partial charge on any atom is 0.247 e. The number of H-pyrrole nitrogens is 1. The van der Waals surface area contributed by atoms with Gasteiger partial charge in [-0.1, -0.05) is 59.8 Å². The molecule has 0 bridgehead atoms. The Balaban J connectivity index is 1.45. The Hall–Kier alpha value is -2.93. The molecule has 0 spiro atoms. The van der Waals surface area contributed by atoms with E-state index in [0.29, 0.717) is 17.3 Å². The number of nitrogens with one attached hydrogen (secondary N) is 1. The Bertz CT molecular complexity index is 969. The minimum atomic E-state index is -0.501. The summed E-state index contributed by atoms with van der Waals surface area (Å²) in [5.74, 6) is 0.320. The highest BCUT2D eigenvalue weighted by molar-refractivity contribution is 8.00. The van der Waals surface area contributed by atoms with E-state index >= 15 is 0 Å². The summed E-state index contributed by atoms with van der Waals surface area (Å²) < 4.78 is 0. The lowest BCUT2D eigenvalue weighted by atomic mass is 10.1. The normalized spacial score (nSPS) is 16.9. The van der Waals surface area contributed by atoms with Crippen LogP contribution in [0.4, 0.5) is 5.69 Å². The predicted molar refractivity (Wildman–Crippen MR) is 104 cm³/mol. The van der Waals surface area contributed by atoms with Gasteiger partial charge in [0.1, 0.15) is 11.1 Å². The van der Waals surface area contributed by atoms with E-state index in [2.05, 4.69) is 15.2 Å². The van der Waals surface area contributed by atoms with Crippen molar-refractivity contribution < 1.29 is 9.59 Å². The molecule has 2 amide bonds. The van der Waals surface area contributed by atoms with E-state index in [-0.39, 0.29) is 18.2 Å². The van der Waals surface area contributed by atoms with Crippen LogP contribution in [0.5, 0.6) is 0 Å². The second-order valence-electron chi connectivity index (χ2n) is 6.44. The van der Waals surface area contributed by atoms with Gasteiger partial charge in [0.15, 0.2) is 0 Å². The van der Waals surface area contributed by atoms with Gasteiger partial charge in [-0.05, 0) is 24.6 Å². The van der Waals surface area contributed by atoms with Crippen LogP contribution in [0.25, 0.3) is 0 Å². The molecule has 136 valence electrons. The van der Waals surface area contributed by atoms with Crippen LogP contribution < -0.4 is 4.90 Å². The average Bonchev–Trinajstić information content (AvgIpc) is 3.21. The van der Waals surface area contributed by atoms with Crippen LogP contribution in [0.3, 0.4) is 0 Å². The minimum absolute atomic E-state index is 0.153. The van der Waals surface area contributed by atoms with Crippen LogP contribution in [0.15, 0.2) is 59.8 Å². The smallest absolute Gasteiger partial charge is 0.247 e. The van der Waals surface area contributed by atoms with E-state index in [4.69, 9.17) is 0 Å². The second-order valence-corrected chi connectivity index (χ2v) is 7.61. The van der Waals surface area contributed by atoms with Crippen molar-refractivity contribution in [1.29, 1.82) is 0 Å². The molecule has 1 aromatic heterocycles. The number of thioether (sulfide) groups is 1. The summed E-state index contributed by atoms with van der Waals surface area (Å²) >= 11 is 1.23. The van der Waals surface area contributed by atoms with Crippen molar-refractivity contribution in [2.24, 2.45) is 0 Å². The molecule has 2 aromatic carbocycles. The van der Waals surface area contributed by atoms with Gasteiger partial charge < -0.3 is 0 Å². The minimum Gasteiger partial charge on any atom is -0.274 e. The van der Waals surface area contributed by atoms with E-state index in [1.54, 1.807) is 12.1 Å². The van der Waals surface area contributed by atoms with Gasteiger partial charge in [0, 0.05) is 12.8 Å². The number of carbonyl (C=O) groups is 2. The quantitative estimate of drug-likeness (QED) is 0.690. The monoisotopic (exact) mass is 378 g/mol. The molecule has 1 N–H and O–H groups in total. The standard InChI is InChI=1S/C20H18N4O2S/c1-13-7-9-15(10-8-13)24-18(25)12-16(19(24)26)27-20-21-17(22-23-20)11-14-5-3-2-4-6-14/h2-10,16H,11-12H2,1H3,(H,21,22,23). The number of hydrogen-bond acceptors (Lipinski definition) is 5. The number of rotatable bonds is 5. The highest BCUT2D eigenvalue weighted by atomic mass is 32.2. The van der Waals surface area contributed by atoms with Gasteiger partial charge in [0.2, 0.25) is 17.0 Å². The summed E-state index contributed by atoms with van der Waals surface area (Å²) in [5, 5.41) is 7.08. The molecule has 1 saturated heterocycles. The summed E-state index contributed by atoms with van der Waals surface area (Å²) in [6.45, 7) is 1.96. The molecule has 1 fully saturated rings. The fraction of sp³-hybridized carbons (Fsp3) is 0.200. The van der Waals surface area contributed by atoms with E-state index in [1.807, 2.05) is 49.4 Å². The van der Waals surface area contributed by atoms with Crippen LogP contribution in [-0.4, -0.2) is 32.2 Å². The maximum atomic E-state index is 12.7. The van der Waals surface area contributed by atoms with Crippen molar-refractivity contribution in [3.8, 4) is 0 Å². The lowest BCUT2D eigenvalue weighted by Crippen LogP contribution is -2.31. The zero-order valence-electron chi connectivity index (χ0n) is 14.8. The maximum absolute atomic E-state index is 12.7. The molecule has 2 heterocycles. The number of carbonyl (C=O) groups excluding carboxylic acids is 2. The first-order chi connectivity index (χ1) is 13.1. The van der Waals surface area contributed by atoms with Crippen LogP contribution in [0, 0.1) is 6.92 Å². The third-order valence-electron chi connectivity index (χ3n) is 4.37. The van der Waals surface area contributed by atoms with Gasteiger partial charge in [-0.3, -0.25) is 14.7 Å². The summed E-state index contributed by atoms with van der Waals surface area (Å²) in [4.78, 5) is 30.8. The first kappa shape index (κ1) is 17.5. The van der Waals surface area contributed by atoms with Crippen molar-refractivity contribution in [3.63, 3.8) is 0 Å². The first-order valence-corrected chi connectivity index (χ1v) is 9.53. The SMILES string of the molecule is Cc1ccc(N2C(=O)CC(Sc3n[nH]c(Cc4ccccc4)n3)C2=O)cc1. The molecule has 0 radical (unpaired) electrons. The average molecular weight is 378 g/mol. The molecular formula is C20H18N4O2S. The fourth-order valence-corrected chi connectivity index (χ4v) is 3.94. The topological polar surface area (TPSA) is 79.0 Å². The predicted octanol–water partition coefficient (Wildman–Crippen LogP) is 3.13. The molecule has 1 aliphatic rings. The molecule has 1 aliphatic heterocycles. The summed E-state index contributed by atoms with van der Waals surface area (Å²) in [6.07, 6.45) is 0.793. The van der Waals surface area contributed by atoms with Gasteiger partial charge >= 0.3 is 0 Å². The Kier molecular flexibility index (Phi) is 4.77. The number of aryl methyl sites for hydroxylation is 1. The Morgan fingerprint density at radius 1 is 1.11 bits per heavy atom. The molecule has 3 aromatic rings. The zero-order valence-corrected chi connectivity index (χ0v) is 15.6. The number of amides is 2. The molecule has 1 unspecified atom stereocenters. The highest BCUT2D eigenvalue weighted by Crippen LogP contribution is 2.32. The first-order valence-electron chi connectivity index (χ1n) is 8.65. The van der Waals surface area contributed by atoms with Crippen LogP contribution in [0.1, 0.15) is 23.4 Å². The molecule has 1 atom stereocenters. The molecular weight excluding hydrogens is 360 g/mol. The van der Waals surface area contributed by atoms with E-state index in [0.717, 1.165) is 17.0 Å². The van der Waals surface area contributed by atoms with Gasteiger partial charge in [-0.2, -0.15) is 0 Å². The summed E-state index contributed by atoms with van der Waals surface area (Å²) in [6, 6.07) is 17.3. The number of benzene rings is 2. The van der Waals surface area contributed by atoms with Crippen molar-refractivity contribution in [3.05, 3.63) is 71.5 Å². The molecule has 0 aliphatic carbocycles. The largest absolute Gasteiger partial charge is 0.274 e. The van der Waals surface area contributed by atoms with Crippen LogP contribution >= 0.6 is 11.8 Å². The van der Waals surface area contributed by atoms with E-state index in [9.17, 15) is 9.59 Å². The van der Waals surface area contributed by atoms with E-state index < -0.39 is 5.25 Å². The lowest BCUT2D eigenvalue weighted by Gasteiger charge is -2.14. The number of hydrogen-bond donors (Lipinski definition) is 1. The Morgan fingerprint density at radius 2 is 1.85 bits per heavy atom. The Morgan fingerprint density at radius 3 is 2.59 bits per heavy atom. The van der Waals surface area contributed by atoms with Crippen molar-refractivity contribution in [2.45, 2.75) is 30.2 Å². The number of nitrogens with zero attached hydrogens (tertiary/aromatic N) is 3. The number of aromatic amines is 1. The van der Waals surface area contributed by atoms with Crippen molar-refractivity contribution >= 4 is 29.3 Å². The highest BCUT2D eigenvalue weighted by Gasteiger charge is 2.40. The number of anilines is 1. The van der Waals surface area contributed by atoms with Gasteiger partial charge in [0.25, 0.3) is 0 Å². The summed E-state index contributed by atoms with van der Waals surface area (Å²) in [7, 11) is 0. The molecule has 27 heavy (non-hydrogen) atoms. The molecule has 4 rings (SSSR count). The number of imide groups is 1. The Labute approximate surface area is 161 Å². The lowest BCUT2D eigenvalue weighted by molar-refractivity contribution is -0.121. The van der Waals surface area contributed by atoms with Crippen LogP contribution in [-0.2, 0) is 16.0 Å². The second kappa shape index (κ2) is 7.36. The molecule has 0 saturated carbocycles. The van der Waals surface area contributed by atoms with Crippen molar-refractivity contribution in [2.75, 3.05) is 4.90 Å². The zero-order chi connectivity index (χ0) is 18.8. The van der Waals surface area contributed by atoms with E-state index in [1.165, 1.54) is 16.7 Å². The van der Waals surface area contributed by atoms with Gasteiger partial charge in [0.05, 0.1) is 5.69 Å². The third kappa shape index (κ3) is 3.78. The van der Waals surface area contributed by atoms with Gasteiger partial charge in [-0.15, -0.1) is 5.10 Å². The van der Waals surface area contributed by atoms with Gasteiger partial charge in [-0.25, -0.2) is 9.88 Å². The van der Waals surface area contributed by atoms with Crippen molar-refractivity contribution in [1.82, 2.24) is 15.2 Å². The molecule has 6 nitrogen and oxygen atoms in total. The van der Waals surface area contributed by atoms with Crippen LogP contribution in [0.2, 0.25) is 0 Å². The fourth-order valence-electron chi connectivity index (χ4n) is 2.99. The number of aromatic nitrogens is 3. The summed E-state index contributed by atoms with van der Waals surface area (Å²) in [5.41, 5.74) is 2.82. The third-order valence-corrected chi connectivity index (χ3v) is 5.42.